The van der Waals surface area contributed by atoms with E-state index in [9.17, 15) is 8.78 Å². The van der Waals surface area contributed by atoms with Gasteiger partial charge in [0.05, 0.1) is 0 Å². The Morgan fingerprint density at radius 1 is 1.33 bits per heavy atom. The van der Waals surface area contributed by atoms with Gasteiger partial charge < -0.3 is 5.32 Å². The molecular formula is C17H23F2N3S2. The van der Waals surface area contributed by atoms with Crippen molar-refractivity contribution in [1.82, 2.24) is 5.43 Å². The van der Waals surface area contributed by atoms with Crippen molar-refractivity contribution in [3.05, 3.63) is 24.3 Å². The summed E-state index contributed by atoms with van der Waals surface area (Å²) < 4.78 is 24.6. The predicted octanol–water partition coefficient (Wildman–Crippen LogP) is 5.49. The van der Waals surface area contributed by atoms with Crippen LogP contribution in [-0.4, -0.2) is 16.6 Å². The second-order valence-corrected chi connectivity index (χ2v) is 8.47. The summed E-state index contributed by atoms with van der Waals surface area (Å²) in [5.74, 6) is -1.79. The van der Waals surface area contributed by atoms with Gasteiger partial charge in [0, 0.05) is 16.3 Å². The quantitative estimate of drug-likeness (QED) is 0.417. The minimum atomic E-state index is -2.41. The molecule has 1 aliphatic rings. The molecule has 2 N–H and O–H groups in total. The third-order valence-electron chi connectivity index (χ3n) is 3.82. The fraction of sp³-hybridized carbons (Fsp3) is 0.529. The average molecular weight is 372 g/mol. The molecule has 0 spiro atoms. The molecule has 0 radical (unpaired) electrons. The van der Waals surface area contributed by atoms with E-state index in [0.717, 1.165) is 24.2 Å². The SMILES string of the molecule is CC1CC(=NNC(=S)Nc2ccc(SC(F)F)cc2)CC(C)(C)C1. The van der Waals surface area contributed by atoms with Gasteiger partial charge in [0.1, 0.15) is 0 Å². The number of nitrogens with zero attached hydrogens (tertiary/aromatic N) is 1. The molecule has 0 saturated heterocycles. The fourth-order valence-electron chi connectivity index (χ4n) is 3.21. The Kier molecular flexibility index (Phi) is 6.57. The molecule has 3 nitrogen and oxygen atoms in total. The summed E-state index contributed by atoms with van der Waals surface area (Å²) in [5, 5.41) is 7.85. The van der Waals surface area contributed by atoms with Crippen LogP contribution in [0.3, 0.4) is 0 Å². The maximum absolute atomic E-state index is 12.3. The molecule has 1 unspecified atom stereocenters. The summed E-state index contributed by atoms with van der Waals surface area (Å²) in [5.41, 5.74) is 5.03. The molecule has 0 amide bonds. The molecule has 1 fully saturated rings. The molecule has 0 aliphatic heterocycles. The van der Waals surface area contributed by atoms with Crippen LogP contribution < -0.4 is 10.7 Å². The lowest BCUT2D eigenvalue weighted by atomic mass is 9.72. The van der Waals surface area contributed by atoms with Crippen molar-refractivity contribution in [3.8, 4) is 0 Å². The fourth-order valence-corrected chi connectivity index (χ4v) is 3.87. The molecule has 1 saturated carbocycles. The number of thiocarbonyl (C=S) groups is 1. The van der Waals surface area contributed by atoms with Crippen molar-refractivity contribution in [3.63, 3.8) is 0 Å². The van der Waals surface area contributed by atoms with E-state index < -0.39 is 5.76 Å². The van der Waals surface area contributed by atoms with Gasteiger partial charge in [-0.3, -0.25) is 5.43 Å². The van der Waals surface area contributed by atoms with Crippen molar-refractivity contribution in [2.75, 3.05) is 5.32 Å². The second-order valence-electron chi connectivity index (χ2n) is 7.00. The van der Waals surface area contributed by atoms with Crippen LogP contribution in [0.2, 0.25) is 0 Å². The Morgan fingerprint density at radius 3 is 2.58 bits per heavy atom. The van der Waals surface area contributed by atoms with Crippen molar-refractivity contribution in [2.45, 2.75) is 50.7 Å². The van der Waals surface area contributed by atoms with Crippen molar-refractivity contribution in [2.24, 2.45) is 16.4 Å². The molecule has 0 aromatic heterocycles. The first-order valence-electron chi connectivity index (χ1n) is 7.91. The van der Waals surface area contributed by atoms with E-state index in [-0.39, 0.29) is 5.41 Å². The summed E-state index contributed by atoms with van der Waals surface area (Å²) in [7, 11) is 0. The Balaban J connectivity index is 1.88. The number of nitrogens with one attached hydrogen (secondary N) is 2. The molecule has 2 rings (SSSR count). The Hall–Kier alpha value is -1.21. The van der Waals surface area contributed by atoms with E-state index in [1.54, 1.807) is 24.3 Å². The average Bonchev–Trinajstić information content (AvgIpc) is 2.45. The van der Waals surface area contributed by atoms with Gasteiger partial charge in [-0.05, 0) is 67.1 Å². The summed E-state index contributed by atoms with van der Waals surface area (Å²) in [6, 6.07) is 6.72. The molecular weight excluding hydrogens is 348 g/mol. The van der Waals surface area contributed by atoms with E-state index in [2.05, 4.69) is 36.6 Å². The smallest absolute Gasteiger partial charge is 0.288 e. The van der Waals surface area contributed by atoms with Gasteiger partial charge in [-0.2, -0.15) is 13.9 Å². The standard InChI is InChI=1S/C17H23F2N3S2/c1-11-8-13(10-17(2,3)9-11)21-22-16(23)20-12-4-6-14(7-5-12)24-15(18)19/h4-7,11,15H,8-10H2,1-3H3,(H2,20,22,23). The van der Waals surface area contributed by atoms with E-state index in [1.807, 2.05) is 0 Å². The maximum Gasteiger partial charge on any atom is 0.288 e. The molecule has 0 bridgehead atoms. The first kappa shape index (κ1) is 19.1. The molecule has 1 atom stereocenters. The second kappa shape index (κ2) is 8.25. The van der Waals surface area contributed by atoms with Gasteiger partial charge in [-0.15, -0.1) is 0 Å². The minimum Gasteiger partial charge on any atom is -0.331 e. The summed E-state index contributed by atoms with van der Waals surface area (Å²) >= 11 is 5.76. The number of thioether (sulfide) groups is 1. The van der Waals surface area contributed by atoms with Crippen molar-refractivity contribution < 1.29 is 8.78 Å². The molecule has 1 aliphatic carbocycles. The van der Waals surface area contributed by atoms with Gasteiger partial charge in [-0.1, -0.05) is 32.5 Å². The Morgan fingerprint density at radius 2 is 2.00 bits per heavy atom. The summed E-state index contributed by atoms with van der Waals surface area (Å²) in [6.45, 7) is 6.76. The monoisotopic (exact) mass is 371 g/mol. The molecule has 1 aromatic carbocycles. The zero-order valence-corrected chi connectivity index (χ0v) is 15.7. The molecule has 0 heterocycles. The predicted molar refractivity (Wildman–Crippen MR) is 102 cm³/mol. The number of hydrazone groups is 1. The van der Waals surface area contributed by atoms with Gasteiger partial charge >= 0.3 is 0 Å². The Labute approximate surface area is 151 Å². The van der Waals surface area contributed by atoms with Crippen molar-refractivity contribution >= 4 is 40.5 Å². The number of hydrogen-bond donors (Lipinski definition) is 2. The van der Waals surface area contributed by atoms with Crippen molar-refractivity contribution in [1.29, 1.82) is 0 Å². The van der Waals surface area contributed by atoms with E-state index in [0.29, 0.717) is 27.7 Å². The largest absolute Gasteiger partial charge is 0.331 e. The number of alkyl halides is 2. The van der Waals surface area contributed by atoms with Crippen LogP contribution in [0.15, 0.2) is 34.3 Å². The molecule has 24 heavy (non-hydrogen) atoms. The third kappa shape index (κ3) is 6.36. The van der Waals surface area contributed by atoms with Gasteiger partial charge in [-0.25, -0.2) is 0 Å². The highest BCUT2D eigenvalue weighted by Gasteiger charge is 2.29. The normalized spacial score (nSPS) is 21.8. The molecule has 7 heteroatoms. The molecule has 1 aromatic rings. The highest BCUT2D eigenvalue weighted by atomic mass is 32.2. The van der Waals surface area contributed by atoms with Gasteiger partial charge in [0.15, 0.2) is 5.11 Å². The first-order chi connectivity index (χ1) is 11.2. The van der Waals surface area contributed by atoms with Crippen LogP contribution in [0.1, 0.15) is 40.0 Å². The van der Waals surface area contributed by atoms with Crippen LogP contribution in [-0.2, 0) is 0 Å². The number of hydrogen-bond acceptors (Lipinski definition) is 3. The third-order valence-corrected chi connectivity index (χ3v) is 4.74. The number of anilines is 1. The van der Waals surface area contributed by atoms with Crippen LogP contribution in [0.4, 0.5) is 14.5 Å². The lowest BCUT2D eigenvalue weighted by molar-refractivity contribution is 0.252. The zero-order valence-electron chi connectivity index (χ0n) is 14.1. The van der Waals surface area contributed by atoms with E-state index in [4.69, 9.17) is 12.2 Å². The highest BCUT2D eigenvalue weighted by molar-refractivity contribution is 7.99. The van der Waals surface area contributed by atoms with Crippen LogP contribution >= 0.6 is 24.0 Å². The van der Waals surface area contributed by atoms with Crippen LogP contribution in [0.5, 0.6) is 0 Å². The number of benzene rings is 1. The first-order valence-corrected chi connectivity index (χ1v) is 9.19. The zero-order chi connectivity index (χ0) is 17.7. The summed E-state index contributed by atoms with van der Waals surface area (Å²) in [6.07, 6.45) is 3.16. The topological polar surface area (TPSA) is 36.4 Å². The van der Waals surface area contributed by atoms with Crippen LogP contribution in [0.25, 0.3) is 0 Å². The number of rotatable bonds is 4. The van der Waals surface area contributed by atoms with Gasteiger partial charge in [0.25, 0.3) is 5.76 Å². The Bertz CT molecular complexity index is 600. The maximum atomic E-state index is 12.3. The number of halogens is 2. The van der Waals surface area contributed by atoms with E-state index >= 15 is 0 Å². The van der Waals surface area contributed by atoms with Crippen LogP contribution in [0, 0.1) is 11.3 Å². The highest BCUT2D eigenvalue weighted by Crippen LogP contribution is 2.36. The summed E-state index contributed by atoms with van der Waals surface area (Å²) in [4.78, 5) is 0.521. The van der Waals surface area contributed by atoms with Gasteiger partial charge in [0.2, 0.25) is 0 Å². The lowest BCUT2D eigenvalue weighted by Gasteiger charge is -2.34. The lowest BCUT2D eigenvalue weighted by Crippen LogP contribution is -2.31. The minimum absolute atomic E-state index is 0.269. The van der Waals surface area contributed by atoms with E-state index in [1.165, 1.54) is 6.42 Å². The molecule has 132 valence electrons.